The number of pyridine rings is 1. The van der Waals surface area contributed by atoms with Gasteiger partial charge in [-0.15, -0.1) is 0 Å². The Bertz CT molecular complexity index is 1240. The number of alkyl halides is 4. The lowest BCUT2D eigenvalue weighted by Crippen LogP contribution is -2.55. The maximum atomic E-state index is 13.6. The first-order valence-electron chi connectivity index (χ1n) is 9.71. The molecule has 12 heteroatoms. The molecule has 2 fully saturated rings. The van der Waals surface area contributed by atoms with E-state index in [9.17, 15) is 27.2 Å². The summed E-state index contributed by atoms with van der Waals surface area (Å²) in [6.45, 7) is -0.997. The monoisotopic (exact) mass is 477 g/mol. The van der Waals surface area contributed by atoms with Gasteiger partial charge in [-0.2, -0.15) is 18.4 Å². The van der Waals surface area contributed by atoms with Gasteiger partial charge in [0.15, 0.2) is 10.8 Å². The van der Waals surface area contributed by atoms with E-state index in [0.29, 0.717) is 24.9 Å². The highest BCUT2D eigenvalue weighted by Crippen LogP contribution is 2.48. The number of nitrogens with zero attached hydrogens (tertiary/aromatic N) is 4. The number of benzene rings is 1. The van der Waals surface area contributed by atoms with E-state index >= 15 is 0 Å². The smallest absolute Gasteiger partial charge is 0.366 e. The SMILES string of the molecule is N#Cc1ccc(N2C(=O)C3(CCC3)N(c3ccc(C(N)=O)c(CF)c3)C2=S)nc1C(F)(F)F. The fourth-order valence-electron chi connectivity index (χ4n) is 4.13. The summed E-state index contributed by atoms with van der Waals surface area (Å²) in [7, 11) is 0. The van der Waals surface area contributed by atoms with E-state index in [1.165, 1.54) is 29.2 Å². The molecule has 2 heterocycles. The minimum atomic E-state index is -4.92. The van der Waals surface area contributed by atoms with Gasteiger partial charge in [0.2, 0.25) is 5.91 Å². The molecule has 1 aromatic carbocycles. The van der Waals surface area contributed by atoms with Crippen LogP contribution < -0.4 is 15.5 Å². The van der Waals surface area contributed by atoms with Gasteiger partial charge < -0.3 is 10.6 Å². The number of anilines is 2. The van der Waals surface area contributed by atoms with Crippen LogP contribution in [0.1, 0.15) is 46.4 Å². The highest BCUT2D eigenvalue weighted by molar-refractivity contribution is 7.81. The van der Waals surface area contributed by atoms with Crippen molar-refractivity contribution >= 4 is 40.6 Å². The van der Waals surface area contributed by atoms with Gasteiger partial charge in [-0.1, -0.05) is 0 Å². The van der Waals surface area contributed by atoms with E-state index in [-0.39, 0.29) is 22.1 Å². The average molecular weight is 477 g/mol. The number of nitriles is 1. The van der Waals surface area contributed by atoms with Crippen LogP contribution in [-0.4, -0.2) is 27.4 Å². The molecule has 0 unspecified atom stereocenters. The van der Waals surface area contributed by atoms with Crippen LogP contribution in [0.15, 0.2) is 30.3 Å². The number of carbonyl (C=O) groups is 2. The number of carbonyl (C=O) groups excluding carboxylic acids is 2. The van der Waals surface area contributed by atoms with Crippen molar-refractivity contribution in [3.63, 3.8) is 0 Å². The van der Waals surface area contributed by atoms with Gasteiger partial charge in [-0.05, 0) is 67.4 Å². The molecular formula is C21H15F4N5O2S. The maximum Gasteiger partial charge on any atom is 0.434 e. The van der Waals surface area contributed by atoms with E-state index in [1.54, 1.807) is 0 Å². The molecule has 4 rings (SSSR count). The molecule has 2 amide bonds. The van der Waals surface area contributed by atoms with Crippen molar-refractivity contribution in [2.45, 2.75) is 37.7 Å². The predicted octanol–water partition coefficient (Wildman–Crippen LogP) is 3.60. The number of hydrogen-bond donors (Lipinski definition) is 1. The second kappa shape index (κ2) is 7.77. The topological polar surface area (TPSA) is 103 Å². The molecule has 33 heavy (non-hydrogen) atoms. The highest BCUT2D eigenvalue weighted by Gasteiger charge is 2.60. The molecule has 0 atom stereocenters. The van der Waals surface area contributed by atoms with Gasteiger partial charge in [-0.25, -0.2) is 14.3 Å². The van der Waals surface area contributed by atoms with Crippen LogP contribution in [0.2, 0.25) is 0 Å². The third kappa shape index (κ3) is 3.39. The minimum Gasteiger partial charge on any atom is -0.366 e. The molecule has 1 saturated carbocycles. The molecule has 1 aromatic heterocycles. The number of amides is 2. The van der Waals surface area contributed by atoms with Crippen LogP contribution in [0.3, 0.4) is 0 Å². The fourth-order valence-corrected chi connectivity index (χ4v) is 4.59. The second-order valence-electron chi connectivity index (χ2n) is 7.66. The standard InChI is InChI=1S/C21H15F4N5O2S/c22-9-12-8-13(3-4-14(12)17(27)31)30-19(33)29(18(32)20(30)6-1-7-20)15-5-2-11(10-26)16(28-15)21(23,24)25/h2-5,8H,1,6-7,9H2,(H2,27,31). The lowest BCUT2D eigenvalue weighted by molar-refractivity contribution is -0.141. The van der Waals surface area contributed by atoms with Gasteiger partial charge in [0, 0.05) is 11.3 Å². The second-order valence-corrected chi connectivity index (χ2v) is 8.02. The zero-order valence-corrected chi connectivity index (χ0v) is 17.6. The van der Waals surface area contributed by atoms with Crippen LogP contribution in [0, 0.1) is 11.3 Å². The summed E-state index contributed by atoms with van der Waals surface area (Å²) in [6, 6.07) is 7.61. The van der Waals surface area contributed by atoms with Crippen LogP contribution >= 0.6 is 12.2 Å². The van der Waals surface area contributed by atoms with Crippen LogP contribution in [0.25, 0.3) is 0 Å². The quantitative estimate of drug-likeness (QED) is 0.533. The van der Waals surface area contributed by atoms with Crippen molar-refractivity contribution in [2.75, 3.05) is 9.80 Å². The first kappa shape index (κ1) is 22.6. The zero-order valence-electron chi connectivity index (χ0n) is 16.8. The van der Waals surface area contributed by atoms with Crippen molar-refractivity contribution in [3.8, 4) is 6.07 Å². The molecule has 2 aromatic rings. The van der Waals surface area contributed by atoms with E-state index in [2.05, 4.69) is 4.98 Å². The Morgan fingerprint density at radius 3 is 2.48 bits per heavy atom. The van der Waals surface area contributed by atoms with Crippen molar-refractivity contribution in [1.82, 2.24) is 4.98 Å². The number of halogens is 4. The Balaban J connectivity index is 1.83. The summed E-state index contributed by atoms with van der Waals surface area (Å²) < 4.78 is 53.8. The largest absolute Gasteiger partial charge is 0.434 e. The summed E-state index contributed by atoms with van der Waals surface area (Å²) in [5.74, 6) is -1.76. The third-order valence-corrected chi connectivity index (χ3v) is 6.21. The molecular weight excluding hydrogens is 462 g/mol. The molecule has 1 spiro atoms. The lowest BCUT2D eigenvalue weighted by Gasteiger charge is -2.43. The minimum absolute atomic E-state index is 0.000900. The highest BCUT2D eigenvalue weighted by atomic mass is 32.1. The number of thiocarbonyl (C=S) groups is 1. The average Bonchev–Trinajstić information content (AvgIpc) is 2.98. The predicted molar refractivity (Wildman–Crippen MR) is 113 cm³/mol. The van der Waals surface area contributed by atoms with Crippen molar-refractivity contribution in [3.05, 3.63) is 52.7 Å². The molecule has 2 aliphatic rings. The van der Waals surface area contributed by atoms with Gasteiger partial charge in [0.1, 0.15) is 24.1 Å². The Morgan fingerprint density at radius 1 is 1.27 bits per heavy atom. The van der Waals surface area contributed by atoms with Crippen LogP contribution in [0.5, 0.6) is 0 Å². The van der Waals surface area contributed by atoms with Crippen molar-refractivity contribution in [1.29, 1.82) is 5.26 Å². The van der Waals surface area contributed by atoms with Crippen molar-refractivity contribution in [2.24, 2.45) is 5.73 Å². The van der Waals surface area contributed by atoms with E-state index < -0.39 is 41.5 Å². The molecule has 2 N–H and O–H groups in total. The maximum absolute atomic E-state index is 13.6. The van der Waals surface area contributed by atoms with E-state index in [4.69, 9.17) is 23.2 Å². The van der Waals surface area contributed by atoms with Crippen molar-refractivity contribution < 1.29 is 27.2 Å². The van der Waals surface area contributed by atoms with E-state index in [0.717, 1.165) is 17.0 Å². The van der Waals surface area contributed by atoms with Gasteiger partial charge in [0.05, 0.1) is 5.56 Å². The molecule has 0 radical (unpaired) electrons. The molecule has 170 valence electrons. The molecule has 0 bridgehead atoms. The number of aromatic nitrogens is 1. The Morgan fingerprint density at radius 2 is 1.97 bits per heavy atom. The summed E-state index contributed by atoms with van der Waals surface area (Å²) in [5, 5.41) is 8.87. The normalized spacial score (nSPS) is 17.3. The fraction of sp³-hybridized carbons (Fsp3) is 0.286. The number of hydrogen-bond acceptors (Lipinski definition) is 5. The summed E-state index contributed by atoms with van der Waals surface area (Å²) >= 11 is 5.47. The van der Waals surface area contributed by atoms with Gasteiger partial charge in [-0.3, -0.25) is 9.59 Å². The third-order valence-electron chi connectivity index (χ3n) is 5.85. The molecule has 1 saturated heterocycles. The lowest BCUT2D eigenvalue weighted by atomic mass is 9.75. The van der Waals surface area contributed by atoms with E-state index in [1.807, 2.05) is 0 Å². The first-order chi connectivity index (χ1) is 15.5. The summed E-state index contributed by atoms with van der Waals surface area (Å²) in [5.41, 5.74) is 2.28. The molecule has 7 nitrogen and oxygen atoms in total. The molecule has 1 aliphatic carbocycles. The van der Waals surface area contributed by atoms with Gasteiger partial charge >= 0.3 is 6.18 Å². The van der Waals surface area contributed by atoms with Crippen LogP contribution in [-0.2, 0) is 17.6 Å². The Hall–Kier alpha value is -3.59. The summed E-state index contributed by atoms with van der Waals surface area (Å²) in [4.78, 5) is 30.9. The Labute approximate surface area is 190 Å². The summed E-state index contributed by atoms with van der Waals surface area (Å²) in [6.07, 6.45) is -3.51. The van der Waals surface area contributed by atoms with Gasteiger partial charge in [0.25, 0.3) is 5.91 Å². The zero-order chi connectivity index (χ0) is 24.1. The number of primary amides is 1. The Kier molecular flexibility index (Phi) is 5.32. The molecule has 1 aliphatic heterocycles. The number of rotatable bonds is 4. The van der Waals surface area contributed by atoms with Crippen LogP contribution in [0.4, 0.5) is 29.1 Å². The number of nitrogens with two attached hydrogens (primary N) is 1. The first-order valence-corrected chi connectivity index (χ1v) is 10.1.